The molecule has 0 saturated heterocycles. The highest BCUT2D eigenvalue weighted by atomic mass is 32.2. The molecule has 0 spiro atoms. The topological polar surface area (TPSA) is 145 Å². The van der Waals surface area contributed by atoms with Gasteiger partial charge in [0.2, 0.25) is 0 Å². The molecule has 0 heterocycles. The van der Waals surface area contributed by atoms with Crippen molar-refractivity contribution in [3.63, 3.8) is 0 Å². The molecule has 0 saturated carbocycles. The summed E-state index contributed by atoms with van der Waals surface area (Å²) in [6.07, 6.45) is 0. The van der Waals surface area contributed by atoms with Gasteiger partial charge in [-0.15, -0.1) is 0 Å². The van der Waals surface area contributed by atoms with E-state index >= 15 is 0 Å². The van der Waals surface area contributed by atoms with Gasteiger partial charge in [-0.25, -0.2) is 14.3 Å². The highest BCUT2D eigenvalue weighted by Gasteiger charge is 2.29. The summed E-state index contributed by atoms with van der Waals surface area (Å²) in [5, 5.41) is 11.1. The number of methoxy groups -OCH3 is 1. The average Bonchev–Trinajstić information content (AvgIpc) is 2.65. The fraction of sp³-hybridized carbons (Fsp3) is 0.188. The molecule has 0 aromatic heterocycles. The first-order valence-corrected chi connectivity index (χ1v) is 9.06. The molecular weight excluding hydrogens is 376 g/mol. The first kappa shape index (κ1) is 20.1. The minimum absolute atomic E-state index is 0.169. The Balaban J connectivity index is 2.57. The Hall–Kier alpha value is -3.18. The van der Waals surface area contributed by atoms with Crippen LogP contribution in [0.1, 0.15) is 5.56 Å². The highest BCUT2D eigenvalue weighted by Crippen LogP contribution is 2.28. The van der Waals surface area contributed by atoms with Gasteiger partial charge in [0, 0.05) is 11.6 Å². The second-order valence-electron chi connectivity index (χ2n) is 5.48. The van der Waals surface area contributed by atoms with E-state index in [0.29, 0.717) is 11.3 Å². The Morgan fingerprint density at radius 2 is 1.89 bits per heavy atom. The second-order valence-corrected chi connectivity index (χ2v) is 7.34. The number of hydrogen-bond acceptors (Lipinski definition) is 7. The predicted octanol–water partition coefficient (Wildman–Crippen LogP) is 1.10. The number of carbonyl (C=O) groups excluding carboxylic acids is 1. The van der Waals surface area contributed by atoms with E-state index in [1.807, 2.05) is 5.43 Å². The van der Waals surface area contributed by atoms with Gasteiger partial charge >= 0.3 is 0 Å². The standard InChI is InChI=1S/C16H18N4O6S/c1-11-3-8-14(9-15(11)20(22)23)27(24,25)19(10-16(21)18-17)12-4-6-13(26-2)7-5-12/h3-9H,10,17H2,1-2H3,(H,18,21). The van der Waals surface area contributed by atoms with Crippen LogP contribution in [-0.4, -0.2) is 32.9 Å². The number of amides is 1. The minimum atomic E-state index is -4.28. The number of benzene rings is 2. The average molecular weight is 394 g/mol. The molecule has 0 bridgehead atoms. The van der Waals surface area contributed by atoms with Gasteiger partial charge in [-0.1, -0.05) is 6.07 Å². The summed E-state index contributed by atoms with van der Waals surface area (Å²) in [4.78, 5) is 21.9. The van der Waals surface area contributed by atoms with Gasteiger partial charge in [0.15, 0.2) is 0 Å². The Morgan fingerprint density at radius 3 is 2.41 bits per heavy atom. The van der Waals surface area contributed by atoms with Gasteiger partial charge in [-0.3, -0.25) is 24.6 Å². The van der Waals surface area contributed by atoms with Gasteiger partial charge in [0.05, 0.1) is 22.6 Å². The zero-order chi connectivity index (χ0) is 20.2. The molecule has 0 aliphatic carbocycles. The third kappa shape index (κ3) is 4.33. The van der Waals surface area contributed by atoms with E-state index in [9.17, 15) is 23.3 Å². The van der Waals surface area contributed by atoms with Crippen LogP contribution in [0.15, 0.2) is 47.4 Å². The van der Waals surface area contributed by atoms with Gasteiger partial charge < -0.3 is 4.74 Å². The molecule has 0 unspecified atom stereocenters. The molecular formula is C16H18N4O6S. The monoisotopic (exact) mass is 394 g/mol. The van der Waals surface area contributed by atoms with Crippen molar-refractivity contribution < 1.29 is 22.9 Å². The molecule has 0 radical (unpaired) electrons. The maximum Gasteiger partial charge on any atom is 0.273 e. The largest absolute Gasteiger partial charge is 0.497 e. The van der Waals surface area contributed by atoms with E-state index in [4.69, 9.17) is 10.6 Å². The fourth-order valence-electron chi connectivity index (χ4n) is 2.31. The molecule has 2 aromatic carbocycles. The number of nitro groups is 1. The lowest BCUT2D eigenvalue weighted by molar-refractivity contribution is -0.385. The molecule has 0 atom stereocenters. The normalized spacial score (nSPS) is 10.9. The van der Waals surface area contributed by atoms with E-state index in [1.54, 1.807) is 0 Å². The van der Waals surface area contributed by atoms with Crippen LogP contribution in [0.2, 0.25) is 0 Å². The van der Waals surface area contributed by atoms with E-state index in [0.717, 1.165) is 10.4 Å². The number of aryl methyl sites for hydroxylation is 1. The first-order valence-electron chi connectivity index (χ1n) is 7.62. The zero-order valence-corrected chi connectivity index (χ0v) is 15.4. The van der Waals surface area contributed by atoms with Crippen LogP contribution in [0.4, 0.5) is 11.4 Å². The van der Waals surface area contributed by atoms with Gasteiger partial charge in [-0.05, 0) is 37.3 Å². The molecule has 144 valence electrons. The van der Waals surface area contributed by atoms with E-state index in [2.05, 4.69) is 0 Å². The molecule has 0 aliphatic rings. The lowest BCUT2D eigenvalue weighted by Gasteiger charge is -2.24. The van der Waals surface area contributed by atoms with Crippen molar-refractivity contribution in [3.05, 3.63) is 58.1 Å². The van der Waals surface area contributed by atoms with Crippen LogP contribution in [0.3, 0.4) is 0 Å². The van der Waals surface area contributed by atoms with Crippen LogP contribution >= 0.6 is 0 Å². The number of nitrogens with two attached hydrogens (primary N) is 1. The number of anilines is 1. The second kappa shape index (κ2) is 8.01. The lowest BCUT2D eigenvalue weighted by atomic mass is 10.2. The van der Waals surface area contributed by atoms with Crippen LogP contribution in [-0.2, 0) is 14.8 Å². The quantitative estimate of drug-likeness (QED) is 0.309. The summed E-state index contributed by atoms with van der Waals surface area (Å²) in [5.74, 6) is 4.82. The summed E-state index contributed by atoms with van der Waals surface area (Å²) in [6, 6.07) is 9.48. The zero-order valence-electron chi connectivity index (χ0n) is 14.6. The Bertz CT molecular complexity index is 959. The molecule has 2 aromatic rings. The van der Waals surface area contributed by atoms with Crippen molar-refractivity contribution >= 4 is 27.3 Å². The number of nitro benzene ring substituents is 1. The van der Waals surface area contributed by atoms with Gasteiger partial charge in [0.1, 0.15) is 12.3 Å². The van der Waals surface area contributed by atoms with Gasteiger partial charge in [-0.2, -0.15) is 0 Å². The number of hydrogen-bond donors (Lipinski definition) is 2. The SMILES string of the molecule is COc1ccc(N(CC(=O)NN)S(=O)(=O)c2ccc(C)c([N+](=O)[O-])c2)cc1. The van der Waals surface area contributed by atoms with Crippen molar-refractivity contribution in [1.29, 1.82) is 0 Å². The van der Waals surface area contributed by atoms with Crippen molar-refractivity contribution in [2.24, 2.45) is 5.84 Å². The Labute approximate surface area is 155 Å². The number of sulfonamides is 1. The highest BCUT2D eigenvalue weighted by molar-refractivity contribution is 7.92. The Kier molecular flexibility index (Phi) is 5.98. The summed E-state index contributed by atoms with van der Waals surface area (Å²) in [6.45, 7) is 0.893. The first-order chi connectivity index (χ1) is 12.7. The molecule has 0 aliphatic heterocycles. The Morgan fingerprint density at radius 1 is 1.26 bits per heavy atom. The van der Waals surface area contributed by atoms with Crippen molar-refractivity contribution in [2.75, 3.05) is 18.0 Å². The fourth-order valence-corrected chi connectivity index (χ4v) is 3.75. The van der Waals surface area contributed by atoms with Crippen molar-refractivity contribution in [2.45, 2.75) is 11.8 Å². The lowest BCUT2D eigenvalue weighted by Crippen LogP contribution is -2.43. The molecule has 27 heavy (non-hydrogen) atoms. The number of carbonyl (C=O) groups is 1. The smallest absolute Gasteiger partial charge is 0.273 e. The number of hydrazine groups is 1. The summed E-state index contributed by atoms with van der Waals surface area (Å²) in [5.41, 5.74) is 2.02. The summed E-state index contributed by atoms with van der Waals surface area (Å²) < 4.78 is 32.0. The predicted molar refractivity (Wildman–Crippen MR) is 97.7 cm³/mol. The minimum Gasteiger partial charge on any atom is -0.497 e. The van der Waals surface area contributed by atoms with Gasteiger partial charge in [0.25, 0.3) is 21.6 Å². The maximum atomic E-state index is 13.1. The van der Waals surface area contributed by atoms with Crippen LogP contribution in [0.25, 0.3) is 0 Å². The van der Waals surface area contributed by atoms with Crippen LogP contribution in [0, 0.1) is 17.0 Å². The van der Waals surface area contributed by atoms with Crippen LogP contribution < -0.4 is 20.3 Å². The van der Waals surface area contributed by atoms with E-state index in [1.165, 1.54) is 50.4 Å². The van der Waals surface area contributed by atoms with E-state index < -0.39 is 27.4 Å². The summed E-state index contributed by atoms with van der Waals surface area (Å²) in [7, 11) is -2.82. The van der Waals surface area contributed by atoms with Crippen molar-refractivity contribution in [3.8, 4) is 5.75 Å². The number of nitrogens with one attached hydrogen (secondary N) is 1. The third-order valence-corrected chi connectivity index (χ3v) is 5.54. The maximum absolute atomic E-state index is 13.1. The number of nitrogens with zero attached hydrogens (tertiary/aromatic N) is 2. The van der Waals surface area contributed by atoms with Crippen LogP contribution in [0.5, 0.6) is 5.75 Å². The number of ether oxygens (including phenoxy) is 1. The summed E-state index contributed by atoms with van der Waals surface area (Å²) >= 11 is 0. The number of rotatable bonds is 7. The molecule has 3 N–H and O–H groups in total. The molecule has 2 rings (SSSR count). The van der Waals surface area contributed by atoms with E-state index in [-0.39, 0.29) is 16.3 Å². The molecule has 10 nitrogen and oxygen atoms in total. The molecule has 0 fully saturated rings. The molecule has 1 amide bonds. The molecule has 11 heteroatoms. The van der Waals surface area contributed by atoms with Crippen molar-refractivity contribution in [1.82, 2.24) is 5.43 Å². The third-order valence-electron chi connectivity index (χ3n) is 3.77.